The lowest BCUT2D eigenvalue weighted by Gasteiger charge is -2.53. The van der Waals surface area contributed by atoms with Crippen LogP contribution >= 0.6 is 0 Å². The topological polar surface area (TPSA) is 27.7 Å². The highest BCUT2D eigenvalue weighted by molar-refractivity contribution is 6.86. The quantitative estimate of drug-likeness (QED) is 0.331. The van der Waals surface area contributed by atoms with E-state index in [0.29, 0.717) is 6.61 Å². The minimum atomic E-state index is -2.54. The Morgan fingerprint density at radius 1 is 0.923 bits per heavy atom. The molecule has 5 heteroatoms. The van der Waals surface area contributed by atoms with E-state index in [4.69, 9.17) is 13.3 Å². The molecule has 0 aliphatic carbocycles. The molecule has 1 aliphatic rings. The minimum absolute atomic E-state index is 0.00355. The molecule has 1 heterocycles. The summed E-state index contributed by atoms with van der Waals surface area (Å²) >= 11 is 0. The molecule has 0 radical (unpaired) electrons. The lowest BCUT2D eigenvalue weighted by molar-refractivity contribution is 0.0137. The van der Waals surface area contributed by atoms with E-state index in [1.54, 1.807) is 0 Å². The van der Waals surface area contributed by atoms with Crippen LogP contribution in [-0.2, 0) is 13.3 Å². The highest BCUT2D eigenvalue weighted by Gasteiger charge is 2.60. The molecule has 0 unspecified atom stereocenters. The van der Waals surface area contributed by atoms with Crippen LogP contribution in [-0.4, -0.2) is 36.2 Å². The Balaban J connectivity index is 3.20. The van der Waals surface area contributed by atoms with Crippen molar-refractivity contribution in [2.45, 2.75) is 109 Å². The van der Waals surface area contributed by atoms with Crippen molar-refractivity contribution in [2.75, 3.05) is 13.2 Å². The molecule has 0 fully saturated rings. The third-order valence-corrected chi connectivity index (χ3v) is 17.2. The molecule has 0 spiro atoms. The molecule has 3 nitrogen and oxygen atoms in total. The van der Waals surface area contributed by atoms with Crippen LogP contribution in [0.3, 0.4) is 0 Å². The second kappa shape index (κ2) is 9.50. The molecule has 154 valence electrons. The number of rotatable bonds is 8. The first-order valence-corrected chi connectivity index (χ1v) is 14.9. The van der Waals surface area contributed by atoms with Crippen LogP contribution in [0.2, 0.25) is 28.2 Å². The van der Waals surface area contributed by atoms with E-state index in [1.165, 1.54) is 0 Å². The third-order valence-electron chi connectivity index (χ3n) is 5.94. The van der Waals surface area contributed by atoms with E-state index in [0.717, 1.165) is 37.6 Å². The molecule has 0 N–H and O–H groups in total. The van der Waals surface area contributed by atoms with E-state index in [2.05, 4.69) is 74.5 Å². The van der Waals surface area contributed by atoms with Crippen molar-refractivity contribution in [3.63, 3.8) is 0 Å². The van der Waals surface area contributed by atoms with Gasteiger partial charge >= 0.3 is 8.56 Å². The Hall–Kier alpha value is 0.0538. The van der Waals surface area contributed by atoms with E-state index in [9.17, 15) is 0 Å². The Bertz CT molecular complexity index is 423. The summed E-state index contributed by atoms with van der Waals surface area (Å²) < 4.78 is 20.2. The van der Waals surface area contributed by atoms with Crippen LogP contribution in [0.1, 0.15) is 75.2 Å². The Kier molecular flexibility index (Phi) is 8.81. The van der Waals surface area contributed by atoms with Gasteiger partial charge < -0.3 is 13.3 Å². The highest BCUT2D eigenvalue weighted by Crippen LogP contribution is 2.54. The van der Waals surface area contributed by atoms with E-state index >= 15 is 0 Å². The van der Waals surface area contributed by atoms with Crippen LogP contribution in [0.5, 0.6) is 0 Å². The van der Waals surface area contributed by atoms with Crippen molar-refractivity contribution in [3.05, 3.63) is 12.2 Å². The average Bonchev–Trinajstić information content (AvgIpc) is 2.82. The predicted molar refractivity (Wildman–Crippen MR) is 118 cm³/mol. The van der Waals surface area contributed by atoms with Gasteiger partial charge in [0, 0.05) is 10.1 Å². The summed E-state index contributed by atoms with van der Waals surface area (Å²) in [6.45, 7) is 22.3. The fourth-order valence-corrected chi connectivity index (χ4v) is 16.1. The normalized spacial score (nSPS) is 20.3. The SMILES string of the molecule is CC[Si](CC)(CC)O[Si](OC[C@@H]1CC=CCCO1)(C(C)(C)C)C(C)(C)C. The van der Waals surface area contributed by atoms with Gasteiger partial charge in [0.1, 0.15) is 0 Å². The highest BCUT2D eigenvalue weighted by atomic mass is 28.4. The molecule has 0 saturated heterocycles. The summed E-state index contributed by atoms with van der Waals surface area (Å²) in [6, 6.07) is 3.48. The maximum absolute atomic E-state index is 7.31. The van der Waals surface area contributed by atoms with Crippen LogP contribution in [0.25, 0.3) is 0 Å². The van der Waals surface area contributed by atoms with Gasteiger partial charge in [0.2, 0.25) is 0 Å². The monoisotopic (exact) mass is 400 g/mol. The summed E-state index contributed by atoms with van der Waals surface area (Å²) in [5.74, 6) is 0. The van der Waals surface area contributed by atoms with Gasteiger partial charge in [-0.05, 0) is 31.0 Å². The molecule has 0 amide bonds. The van der Waals surface area contributed by atoms with Crippen molar-refractivity contribution >= 4 is 16.9 Å². The molecular formula is C21H44O3Si2. The fourth-order valence-electron chi connectivity index (χ4n) is 4.23. The fraction of sp³-hybridized carbons (Fsp3) is 0.905. The molecule has 0 aromatic heterocycles. The summed E-state index contributed by atoms with van der Waals surface area (Å²) in [7, 11) is -4.33. The third kappa shape index (κ3) is 5.54. The zero-order valence-corrected chi connectivity index (χ0v) is 20.9. The lowest BCUT2D eigenvalue weighted by Crippen LogP contribution is -2.63. The summed E-state index contributed by atoms with van der Waals surface area (Å²) in [4.78, 5) is 0. The first kappa shape index (κ1) is 24.1. The van der Waals surface area contributed by atoms with E-state index < -0.39 is 16.9 Å². The summed E-state index contributed by atoms with van der Waals surface area (Å²) in [5.41, 5.74) is 0. The average molecular weight is 401 g/mol. The molecule has 0 aromatic carbocycles. The molecule has 1 atom stereocenters. The first-order valence-electron chi connectivity index (χ1n) is 10.6. The summed E-state index contributed by atoms with van der Waals surface area (Å²) in [6.07, 6.45) is 6.55. The first-order chi connectivity index (χ1) is 12.0. The van der Waals surface area contributed by atoms with Crippen molar-refractivity contribution in [3.8, 4) is 0 Å². The van der Waals surface area contributed by atoms with Gasteiger partial charge in [0.25, 0.3) is 0 Å². The van der Waals surface area contributed by atoms with Gasteiger partial charge in [-0.1, -0.05) is 74.5 Å². The standard InChI is InChI=1S/C21H44O3Si2/c1-10-25(11-2,12-3)24-26(20(4,5)6,21(7,8)9)23-18-19-16-14-13-15-17-22-19/h13-14,19H,10-12,15-18H2,1-9H3/t19-/m0/s1. The number of hydrogen-bond acceptors (Lipinski definition) is 3. The van der Waals surface area contributed by atoms with Gasteiger partial charge in [-0.3, -0.25) is 0 Å². The predicted octanol–water partition coefficient (Wildman–Crippen LogP) is 6.80. The van der Waals surface area contributed by atoms with E-state index in [-0.39, 0.29) is 16.2 Å². The molecule has 26 heavy (non-hydrogen) atoms. The Morgan fingerprint density at radius 2 is 1.46 bits per heavy atom. The molecule has 0 bridgehead atoms. The van der Waals surface area contributed by atoms with Crippen LogP contribution in [0.15, 0.2) is 12.2 Å². The molecule has 1 rings (SSSR count). The van der Waals surface area contributed by atoms with Crippen LogP contribution < -0.4 is 0 Å². The van der Waals surface area contributed by atoms with Gasteiger partial charge in [0.05, 0.1) is 19.3 Å². The van der Waals surface area contributed by atoms with Crippen LogP contribution in [0, 0.1) is 0 Å². The molecular weight excluding hydrogens is 356 g/mol. The van der Waals surface area contributed by atoms with Gasteiger partial charge in [-0.15, -0.1) is 0 Å². The van der Waals surface area contributed by atoms with Gasteiger partial charge in [-0.2, -0.15) is 0 Å². The number of ether oxygens (including phenoxy) is 1. The Morgan fingerprint density at radius 3 is 1.92 bits per heavy atom. The van der Waals surface area contributed by atoms with Crippen molar-refractivity contribution < 1.29 is 13.3 Å². The van der Waals surface area contributed by atoms with Gasteiger partial charge in [-0.25, -0.2) is 0 Å². The van der Waals surface area contributed by atoms with Crippen molar-refractivity contribution in [2.24, 2.45) is 0 Å². The second-order valence-electron chi connectivity index (χ2n) is 9.76. The number of hydrogen-bond donors (Lipinski definition) is 0. The van der Waals surface area contributed by atoms with Gasteiger partial charge in [0.15, 0.2) is 8.32 Å². The lowest BCUT2D eigenvalue weighted by atomic mass is 10.2. The smallest absolute Gasteiger partial charge is 0.339 e. The zero-order valence-electron chi connectivity index (χ0n) is 18.9. The molecule has 0 aromatic rings. The molecule has 0 saturated carbocycles. The maximum atomic E-state index is 7.31. The van der Waals surface area contributed by atoms with Crippen molar-refractivity contribution in [1.82, 2.24) is 0 Å². The summed E-state index contributed by atoms with van der Waals surface area (Å²) in [5, 5.41) is 0.00710. The molecule has 1 aliphatic heterocycles. The van der Waals surface area contributed by atoms with E-state index in [1.807, 2.05) is 0 Å². The Labute approximate surface area is 165 Å². The van der Waals surface area contributed by atoms with Crippen LogP contribution in [0.4, 0.5) is 0 Å². The van der Waals surface area contributed by atoms with Crippen molar-refractivity contribution in [1.29, 1.82) is 0 Å². The zero-order chi connectivity index (χ0) is 20.1. The maximum Gasteiger partial charge on any atom is 0.339 e. The minimum Gasteiger partial charge on any atom is -0.435 e. The second-order valence-corrected chi connectivity index (χ2v) is 19.6. The largest absolute Gasteiger partial charge is 0.435 e.